The van der Waals surface area contributed by atoms with E-state index in [0.717, 1.165) is 17.7 Å². The zero-order valence-corrected chi connectivity index (χ0v) is 21.4. The van der Waals surface area contributed by atoms with Crippen LogP contribution >= 0.6 is 0 Å². The highest BCUT2D eigenvalue weighted by atomic mass is 19.4. The molecule has 3 aliphatic rings. The minimum atomic E-state index is -5.12. The zero-order valence-electron chi connectivity index (χ0n) is 21.4. The first-order valence-electron chi connectivity index (χ1n) is 13.1. The third-order valence-corrected chi connectivity index (χ3v) is 8.94. The first-order valence-corrected chi connectivity index (χ1v) is 13.1. The van der Waals surface area contributed by atoms with Crippen LogP contribution in [0.15, 0.2) is 48.5 Å². The van der Waals surface area contributed by atoms with E-state index in [9.17, 15) is 32.3 Å². The van der Waals surface area contributed by atoms with Gasteiger partial charge in [0.15, 0.2) is 5.67 Å². The van der Waals surface area contributed by atoms with Gasteiger partial charge in [-0.05, 0) is 57.1 Å². The predicted molar refractivity (Wildman–Crippen MR) is 132 cm³/mol. The Labute approximate surface area is 222 Å². The van der Waals surface area contributed by atoms with Crippen molar-refractivity contribution in [3.8, 4) is 5.75 Å². The SMILES string of the molecule is CC(F)(c1ccc2c(c1)OCC1N(C(=O)C3(F)CCC(C(=O)O)CC3)CCC21Cc1ccccc1)C(F)(F)F. The second-order valence-corrected chi connectivity index (χ2v) is 11.2. The van der Waals surface area contributed by atoms with E-state index in [0.29, 0.717) is 25.3 Å². The molecule has 210 valence electrons. The molecule has 2 heterocycles. The van der Waals surface area contributed by atoms with E-state index < -0.39 is 52.3 Å². The number of rotatable bonds is 5. The molecule has 1 aliphatic carbocycles. The van der Waals surface area contributed by atoms with Gasteiger partial charge in [0.05, 0.1) is 12.0 Å². The fourth-order valence-corrected chi connectivity index (χ4v) is 6.48. The van der Waals surface area contributed by atoms with Crippen LogP contribution < -0.4 is 4.74 Å². The van der Waals surface area contributed by atoms with E-state index in [1.807, 2.05) is 30.3 Å². The van der Waals surface area contributed by atoms with Crippen LogP contribution in [0, 0.1) is 5.92 Å². The van der Waals surface area contributed by atoms with Gasteiger partial charge in [0.2, 0.25) is 5.67 Å². The second-order valence-electron chi connectivity index (χ2n) is 11.2. The van der Waals surface area contributed by atoms with Gasteiger partial charge in [0.1, 0.15) is 12.4 Å². The van der Waals surface area contributed by atoms with E-state index in [-0.39, 0.29) is 44.6 Å². The van der Waals surface area contributed by atoms with E-state index in [1.54, 1.807) is 0 Å². The van der Waals surface area contributed by atoms with Crippen LogP contribution in [0.25, 0.3) is 0 Å². The van der Waals surface area contributed by atoms with E-state index in [2.05, 4.69) is 0 Å². The number of ether oxygens (including phenoxy) is 1. The first-order chi connectivity index (χ1) is 18.3. The lowest BCUT2D eigenvalue weighted by Gasteiger charge is -2.45. The zero-order chi connectivity index (χ0) is 28.2. The molecule has 2 fully saturated rings. The second kappa shape index (κ2) is 9.48. The summed E-state index contributed by atoms with van der Waals surface area (Å²) in [5.41, 5.74) is -5.66. The molecule has 2 aromatic carbocycles. The van der Waals surface area contributed by atoms with E-state index >= 15 is 4.39 Å². The summed E-state index contributed by atoms with van der Waals surface area (Å²) in [5.74, 6) is -2.27. The lowest BCUT2D eigenvalue weighted by Crippen LogP contribution is -2.57. The normalized spacial score (nSPS) is 30.1. The standard InChI is InChI=1S/C29H30F5NO4/c1-26(30,29(32,33)34)20-7-8-21-22(15-20)39-17-23-27(21,16-18-5-3-2-4-6-18)13-14-35(23)25(38)28(31)11-9-19(10-12-28)24(36)37/h2-8,15,19,23H,9-14,16-17H2,1H3,(H,36,37). The third kappa shape index (κ3) is 4.55. The quantitative estimate of drug-likeness (QED) is 0.471. The first kappa shape index (κ1) is 27.4. The number of alkyl halides is 5. The Bertz CT molecular complexity index is 1260. The van der Waals surface area contributed by atoms with Crippen LogP contribution in [-0.4, -0.2) is 52.9 Å². The molecule has 2 aromatic rings. The molecule has 1 N–H and O–H groups in total. The summed E-state index contributed by atoms with van der Waals surface area (Å²) in [6.07, 6.45) is -4.54. The number of aliphatic carboxylic acids is 1. The Morgan fingerprint density at radius 2 is 1.72 bits per heavy atom. The number of halogens is 5. The van der Waals surface area contributed by atoms with Gasteiger partial charge in [-0.25, -0.2) is 8.78 Å². The van der Waals surface area contributed by atoms with E-state index in [4.69, 9.17) is 4.74 Å². The number of benzene rings is 2. The summed E-state index contributed by atoms with van der Waals surface area (Å²) in [5, 5.41) is 9.27. The summed E-state index contributed by atoms with van der Waals surface area (Å²) in [6, 6.07) is 12.4. The van der Waals surface area contributed by atoms with Crippen LogP contribution in [0.5, 0.6) is 5.75 Å². The molecule has 1 saturated heterocycles. The summed E-state index contributed by atoms with van der Waals surface area (Å²) >= 11 is 0. The van der Waals surface area contributed by atoms with Crippen LogP contribution in [-0.2, 0) is 27.1 Å². The number of carbonyl (C=O) groups excluding carboxylic acids is 1. The van der Waals surface area contributed by atoms with Crippen molar-refractivity contribution < 1.29 is 41.4 Å². The number of hydrogen-bond donors (Lipinski definition) is 1. The predicted octanol–water partition coefficient (Wildman–Crippen LogP) is 5.89. The van der Waals surface area contributed by atoms with Crippen LogP contribution in [0.3, 0.4) is 0 Å². The molecule has 0 bridgehead atoms. The van der Waals surface area contributed by atoms with Gasteiger partial charge in [0.25, 0.3) is 5.91 Å². The maximum Gasteiger partial charge on any atom is 0.426 e. The Kier molecular flexibility index (Phi) is 6.66. The molecular weight excluding hydrogens is 521 g/mol. The third-order valence-electron chi connectivity index (χ3n) is 8.94. The van der Waals surface area contributed by atoms with Gasteiger partial charge >= 0.3 is 12.1 Å². The highest BCUT2D eigenvalue weighted by Gasteiger charge is 2.58. The minimum Gasteiger partial charge on any atom is -0.491 e. The largest absolute Gasteiger partial charge is 0.491 e. The number of carbonyl (C=O) groups is 2. The summed E-state index contributed by atoms with van der Waals surface area (Å²) in [7, 11) is 0. The van der Waals surface area contributed by atoms with Gasteiger partial charge in [-0.15, -0.1) is 0 Å². The molecule has 1 saturated carbocycles. The lowest BCUT2D eigenvalue weighted by molar-refractivity contribution is -0.228. The molecule has 3 unspecified atom stereocenters. The van der Waals surface area contributed by atoms with Gasteiger partial charge in [-0.1, -0.05) is 42.5 Å². The van der Waals surface area contributed by atoms with E-state index in [1.165, 1.54) is 11.0 Å². The van der Waals surface area contributed by atoms with Gasteiger partial charge in [-0.2, -0.15) is 13.2 Å². The highest BCUT2D eigenvalue weighted by Crippen LogP contribution is 2.52. The van der Waals surface area contributed by atoms with Crippen LogP contribution in [0.1, 0.15) is 55.7 Å². The number of carboxylic acids is 1. The molecule has 39 heavy (non-hydrogen) atoms. The Morgan fingerprint density at radius 1 is 1.05 bits per heavy atom. The van der Waals surface area contributed by atoms with Crippen molar-refractivity contribution in [2.45, 2.75) is 74.4 Å². The van der Waals surface area contributed by atoms with Crippen molar-refractivity contribution in [3.05, 3.63) is 65.2 Å². The molecular formula is C29H30F5NO4. The molecule has 5 rings (SSSR count). The van der Waals surface area contributed by atoms with Crippen molar-refractivity contribution in [2.24, 2.45) is 5.92 Å². The average molecular weight is 552 g/mol. The molecule has 1 amide bonds. The van der Waals surface area contributed by atoms with Crippen molar-refractivity contribution >= 4 is 11.9 Å². The summed E-state index contributed by atoms with van der Waals surface area (Å²) in [6.45, 7) is 0.589. The lowest BCUT2D eigenvalue weighted by atomic mass is 9.68. The summed E-state index contributed by atoms with van der Waals surface area (Å²) in [4.78, 5) is 26.4. The van der Waals surface area contributed by atoms with Crippen molar-refractivity contribution in [1.29, 1.82) is 0 Å². The molecule has 3 atom stereocenters. The van der Waals surface area contributed by atoms with Crippen molar-refractivity contribution in [3.63, 3.8) is 0 Å². The van der Waals surface area contributed by atoms with Gasteiger partial charge in [-0.3, -0.25) is 9.59 Å². The molecule has 5 nitrogen and oxygen atoms in total. The fourth-order valence-electron chi connectivity index (χ4n) is 6.48. The Morgan fingerprint density at radius 3 is 2.33 bits per heavy atom. The van der Waals surface area contributed by atoms with Gasteiger partial charge < -0.3 is 14.7 Å². The van der Waals surface area contributed by atoms with Crippen molar-refractivity contribution in [1.82, 2.24) is 4.90 Å². The number of nitrogens with zero attached hydrogens (tertiary/aromatic N) is 1. The maximum atomic E-state index is 16.0. The average Bonchev–Trinajstić information content (AvgIpc) is 3.27. The van der Waals surface area contributed by atoms with Crippen LogP contribution in [0.2, 0.25) is 0 Å². The number of amides is 1. The Hall–Kier alpha value is -3.17. The number of fused-ring (bicyclic) bond motifs is 3. The molecule has 10 heteroatoms. The summed E-state index contributed by atoms with van der Waals surface area (Å²) < 4.78 is 76.9. The fraction of sp³-hybridized carbons (Fsp3) is 0.517. The topological polar surface area (TPSA) is 66.8 Å². The van der Waals surface area contributed by atoms with Gasteiger partial charge in [0, 0.05) is 23.1 Å². The molecule has 0 aromatic heterocycles. The van der Waals surface area contributed by atoms with Crippen molar-refractivity contribution in [2.75, 3.05) is 13.2 Å². The maximum absolute atomic E-state index is 16.0. The molecule has 0 spiro atoms. The number of carboxylic acid groups (broad SMARTS) is 1. The number of likely N-dealkylation sites (tertiary alicyclic amines) is 1. The number of hydrogen-bond acceptors (Lipinski definition) is 3. The smallest absolute Gasteiger partial charge is 0.426 e. The molecule has 2 aliphatic heterocycles. The monoisotopic (exact) mass is 551 g/mol. The highest BCUT2D eigenvalue weighted by molar-refractivity contribution is 5.86. The molecule has 0 radical (unpaired) electrons. The minimum absolute atomic E-state index is 0.0640. The Balaban J connectivity index is 1.51. The van der Waals surface area contributed by atoms with Crippen LogP contribution in [0.4, 0.5) is 22.0 Å².